The van der Waals surface area contributed by atoms with Gasteiger partial charge in [0.05, 0.1) is 51.6 Å². The molecule has 0 saturated heterocycles. The van der Waals surface area contributed by atoms with Crippen LogP contribution >= 0.6 is 116 Å². The van der Waals surface area contributed by atoms with Crippen LogP contribution in [0.15, 0.2) is 0 Å². The lowest BCUT2D eigenvalue weighted by atomic mass is 10.1. The van der Waals surface area contributed by atoms with Crippen molar-refractivity contribution < 1.29 is 23.2 Å². The molecule has 7 nitrogen and oxygen atoms in total. The van der Waals surface area contributed by atoms with E-state index in [4.69, 9.17) is 135 Å². The molecule has 2 aromatic rings. The SMILES string of the molecule is C1CNC2=[N+](C1)CCCN2.ClCCl.Clc1c(Cl)c(Cl)c2c(c1Cl)O[B-]1(O2)Oc2c(Cl)c(Cl)c(Cl)c(Cl)c2O1. The quantitative estimate of drug-likeness (QED) is 0.0936. The third-order valence-electron chi connectivity index (χ3n) is 5.53. The molecule has 18 heteroatoms. The maximum absolute atomic E-state index is 6.13. The first-order valence-corrected chi connectivity index (χ1v) is 15.0. The van der Waals surface area contributed by atoms with Crippen molar-refractivity contribution in [1.29, 1.82) is 0 Å². The molecule has 0 bridgehead atoms. The molecule has 4 aliphatic rings. The van der Waals surface area contributed by atoms with E-state index in [0.29, 0.717) is 0 Å². The average Bonchev–Trinajstić information content (AvgIpc) is 3.50. The predicted molar refractivity (Wildman–Crippen MR) is 158 cm³/mol. The number of fused-ring (bicyclic) bond motifs is 2. The highest BCUT2D eigenvalue weighted by Crippen LogP contribution is 2.59. The van der Waals surface area contributed by atoms with Crippen LogP contribution in [-0.4, -0.2) is 49.0 Å². The molecule has 0 aliphatic carbocycles. The molecule has 2 N–H and O–H groups in total. The Balaban J connectivity index is 0.000000214. The van der Waals surface area contributed by atoms with Gasteiger partial charge in [0.15, 0.2) is 0 Å². The first-order chi connectivity index (χ1) is 18.0. The van der Waals surface area contributed by atoms with E-state index < -0.39 is 6.96 Å². The van der Waals surface area contributed by atoms with Crippen LogP contribution in [0.1, 0.15) is 12.8 Å². The Kier molecular flexibility index (Phi) is 10.4. The van der Waals surface area contributed by atoms with Crippen molar-refractivity contribution in [1.82, 2.24) is 10.6 Å². The summed E-state index contributed by atoms with van der Waals surface area (Å²) >= 11 is 58.1. The molecule has 0 fully saturated rings. The van der Waals surface area contributed by atoms with E-state index in [-0.39, 0.29) is 68.5 Å². The summed E-state index contributed by atoms with van der Waals surface area (Å²) in [4.78, 5) is 0. The molecule has 6 rings (SSSR count). The zero-order valence-electron chi connectivity index (χ0n) is 18.9. The van der Waals surface area contributed by atoms with E-state index in [9.17, 15) is 0 Å². The lowest BCUT2D eigenvalue weighted by Crippen LogP contribution is -2.54. The van der Waals surface area contributed by atoms with Crippen LogP contribution in [0.25, 0.3) is 0 Å². The molecular formula is C20H16BCl10N3O4. The number of hydrogen-bond acceptors (Lipinski definition) is 6. The van der Waals surface area contributed by atoms with Crippen LogP contribution in [0, 0.1) is 0 Å². The van der Waals surface area contributed by atoms with Gasteiger partial charge in [0, 0.05) is 12.8 Å². The van der Waals surface area contributed by atoms with Crippen molar-refractivity contribution in [2.45, 2.75) is 12.8 Å². The van der Waals surface area contributed by atoms with Gasteiger partial charge in [0.2, 0.25) is 0 Å². The van der Waals surface area contributed by atoms with Crippen LogP contribution in [0.3, 0.4) is 0 Å². The smallest absolute Gasteiger partial charge is 0.608 e. The fourth-order valence-electron chi connectivity index (χ4n) is 3.90. The lowest BCUT2D eigenvalue weighted by molar-refractivity contribution is -0.539. The van der Waals surface area contributed by atoms with E-state index in [1.807, 2.05) is 0 Å². The molecular weight excluding hydrogens is 712 g/mol. The number of guanidine groups is 1. The van der Waals surface area contributed by atoms with Crippen LogP contribution in [0.4, 0.5) is 0 Å². The standard InChI is InChI=1S/C12BCl8O4.C7H13N3.CH2Cl2/c14-1-2(15)6(19)10-9(5(1)18)22-13(23-10)24-11-7(20)3(16)4(17)8(21)12(11)25-13;1-3-8-7-9-4-2-6-10(7)5-1;2-1-3/h;1-6H2,(H,8,9);1H2/q-1;;/p+1. The fourth-order valence-corrected chi connectivity index (χ4v) is 5.71. The van der Waals surface area contributed by atoms with Gasteiger partial charge < -0.3 is 18.6 Å². The van der Waals surface area contributed by atoms with Gasteiger partial charge in [0.1, 0.15) is 43.1 Å². The zero-order valence-corrected chi connectivity index (χ0v) is 26.4. The first-order valence-electron chi connectivity index (χ1n) is 10.9. The summed E-state index contributed by atoms with van der Waals surface area (Å²) in [5.41, 5.74) is 0. The molecule has 4 aliphatic heterocycles. The molecule has 4 heterocycles. The number of nitrogens with one attached hydrogen (secondary N) is 2. The second-order valence-electron chi connectivity index (χ2n) is 7.87. The summed E-state index contributed by atoms with van der Waals surface area (Å²) in [5, 5.41) is 6.74. The first kappa shape index (κ1) is 30.8. The van der Waals surface area contributed by atoms with Gasteiger partial charge >= 0.3 is 12.9 Å². The van der Waals surface area contributed by atoms with Crippen molar-refractivity contribution in [3.05, 3.63) is 40.2 Å². The molecule has 0 atom stereocenters. The second kappa shape index (κ2) is 12.8. The van der Waals surface area contributed by atoms with E-state index >= 15 is 0 Å². The Labute approximate surface area is 268 Å². The van der Waals surface area contributed by atoms with Crippen LogP contribution in [-0.2, 0) is 0 Å². The van der Waals surface area contributed by atoms with Gasteiger partial charge in [-0.3, -0.25) is 15.2 Å². The van der Waals surface area contributed by atoms with Crippen LogP contribution in [0.5, 0.6) is 23.0 Å². The third kappa shape index (κ3) is 5.92. The van der Waals surface area contributed by atoms with Crippen LogP contribution < -0.4 is 29.3 Å². The molecule has 0 unspecified atom stereocenters. The van der Waals surface area contributed by atoms with Gasteiger partial charge in [-0.05, 0) is 0 Å². The second-order valence-corrected chi connectivity index (χ2v) is 11.7. The summed E-state index contributed by atoms with van der Waals surface area (Å²) in [7, 11) is 0. The summed E-state index contributed by atoms with van der Waals surface area (Å²) in [6.45, 7) is 1.83. The normalized spacial score (nSPS) is 17.5. The Morgan fingerprint density at radius 2 is 0.842 bits per heavy atom. The van der Waals surface area contributed by atoms with E-state index in [2.05, 4.69) is 15.2 Å². The zero-order chi connectivity index (χ0) is 27.8. The van der Waals surface area contributed by atoms with Gasteiger partial charge in [0.25, 0.3) is 0 Å². The highest BCUT2D eigenvalue weighted by atomic mass is 35.5. The summed E-state index contributed by atoms with van der Waals surface area (Å²) < 4.78 is 24.8. The largest absolute Gasteiger partial charge is 0.777 e. The average molecular weight is 728 g/mol. The monoisotopic (exact) mass is 723 g/mol. The van der Waals surface area contributed by atoms with Crippen molar-refractivity contribution in [2.24, 2.45) is 0 Å². The fraction of sp³-hybridized carbons (Fsp3) is 0.350. The molecule has 2 aromatic carbocycles. The van der Waals surface area contributed by atoms with Crippen molar-refractivity contribution in [3.63, 3.8) is 0 Å². The number of rotatable bonds is 0. The summed E-state index contributed by atoms with van der Waals surface area (Å²) in [5.74, 6) is 1.26. The highest BCUT2D eigenvalue weighted by molar-refractivity contribution is 6.63. The highest BCUT2D eigenvalue weighted by Gasteiger charge is 2.55. The number of hydrogen-bond donors (Lipinski definition) is 2. The van der Waals surface area contributed by atoms with E-state index in [0.717, 1.165) is 13.1 Å². The molecule has 0 radical (unpaired) electrons. The lowest BCUT2D eigenvalue weighted by Gasteiger charge is -2.27. The van der Waals surface area contributed by atoms with Gasteiger partial charge in [-0.15, -0.1) is 23.2 Å². The topological polar surface area (TPSA) is 64.0 Å². The minimum absolute atomic E-state index is 0.00156. The maximum Gasteiger partial charge on any atom is 0.777 e. The van der Waals surface area contributed by atoms with Crippen molar-refractivity contribution >= 4 is 129 Å². The van der Waals surface area contributed by atoms with Crippen molar-refractivity contribution in [2.75, 3.05) is 31.5 Å². The van der Waals surface area contributed by atoms with Gasteiger partial charge in [-0.1, -0.05) is 92.8 Å². The van der Waals surface area contributed by atoms with E-state index in [1.165, 1.54) is 31.9 Å². The third-order valence-corrected chi connectivity index (χ3v) is 9.06. The molecule has 38 heavy (non-hydrogen) atoms. The van der Waals surface area contributed by atoms with E-state index in [1.54, 1.807) is 0 Å². The molecule has 0 saturated carbocycles. The minimum atomic E-state index is -2.91. The maximum atomic E-state index is 6.13. The molecule has 0 amide bonds. The van der Waals surface area contributed by atoms with Crippen molar-refractivity contribution in [3.8, 4) is 23.0 Å². The number of benzene rings is 2. The number of nitrogens with zero attached hydrogens (tertiary/aromatic N) is 1. The Hall–Kier alpha value is -0.125. The Morgan fingerprint density at radius 1 is 0.553 bits per heavy atom. The molecule has 208 valence electrons. The Bertz CT molecular complexity index is 1110. The van der Waals surface area contributed by atoms with Gasteiger partial charge in [-0.2, -0.15) is 0 Å². The van der Waals surface area contributed by atoms with Gasteiger partial charge in [-0.25, -0.2) is 0 Å². The molecule has 0 aromatic heterocycles. The number of alkyl halides is 2. The predicted octanol–water partition coefficient (Wildman–Crippen LogP) is 8.36. The summed E-state index contributed by atoms with van der Waals surface area (Å²) in [6.07, 6.45) is 2.57. The number of halogens is 10. The van der Waals surface area contributed by atoms with Crippen LogP contribution in [0.2, 0.25) is 40.2 Å². The Morgan fingerprint density at radius 3 is 1.11 bits per heavy atom. The molecule has 1 spiro atoms. The minimum Gasteiger partial charge on any atom is -0.608 e. The summed E-state index contributed by atoms with van der Waals surface area (Å²) in [6, 6.07) is 0.